The smallest absolute Gasteiger partial charge is 0.266 e. The molecule has 2 aromatic rings. The molecular formula is C23H25N3O. The molecule has 4 nitrogen and oxygen atoms in total. The molecule has 138 valence electrons. The van der Waals surface area contributed by atoms with E-state index in [2.05, 4.69) is 22.3 Å². The Kier molecular flexibility index (Phi) is 5.93. The average molecular weight is 359 g/mol. The normalized spacial score (nSPS) is 14.6. The Morgan fingerprint density at radius 3 is 2.41 bits per heavy atom. The number of nitrogens with zero attached hydrogens (tertiary/aromatic N) is 2. The van der Waals surface area contributed by atoms with Gasteiger partial charge in [0.2, 0.25) is 0 Å². The Bertz CT molecular complexity index is 885. The predicted octanol–water partition coefficient (Wildman–Crippen LogP) is 4.84. The molecule has 4 heteroatoms. The van der Waals surface area contributed by atoms with Crippen molar-refractivity contribution in [1.82, 2.24) is 0 Å². The van der Waals surface area contributed by atoms with Crippen LogP contribution < -0.4 is 10.2 Å². The Labute approximate surface area is 161 Å². The molecule has 0 bridgehead atoms. The molecule has 1 aliphatic heterocycles. The molecule has 0 unspecified atom stereocenters. The Morgan fingerprint density at radius 1 is 1.07 bits per heavy atom. The van der Waals surface area contributed by atoms with E-state index in [1.165, 1.54) is 24.9 Å². The van der Waals surface area contributed by atoms with Gasteiger partial charge in [-0.15, -0.1) is 0 Å². The number of amides is 1. The van der Waals surface area contributed by atoms with Crippen molar-refractivity contribution in [3.05, 3.63) is 64.7 Å². The zero-order valence-electron chi connectivity index (χ0n) is 16.0. The molecule has 1 N–H and O–H groups in total. The molecule has 0 aromatic heterocycles. The van der Waals surface area contributed by atoms with Crippen LogP contribution in [0.5, 0.6) is 0 Å². The molecule has 3 rings (SSSR count). The lowest BCUT2D eigenvalue weighted by molar-refractivity contribution is -0.112. The number of hydrogen-bond donors (Lipinski definition) is 1. The van der Waals surface area contributed by atoms with Crippen LogP contribution in [0.15, 0.2) is 48.0 Å². The number of carbonyl (C=O) groups is 1. The Hall–Kier alpha value is -3.06. The number of hydrogen-bond acceptors (Lipinski definition) is 3. The summed E-state index contributed by atoms with van der Waals surface area (Å²) in [7, 11) is 0. The minimum absolute atomic E-state index is 0.0979. The summed E-state index contributed by atoms with van der Waals surface area (Å²) < 4.78 is 0. The molecule has 0 radical (unpaired) electrons. The zero-order valence-corrected chi connectivity index (χ0v) is 16.0. The largest absolute Gasteiger partial charge is 0.372 e. The summed E-state index contributed by atoms with van der Waals surface area (Å²) in [4.78, 5) is 14.9. The number of rotatable bonds is 4. The van der Waals surface area contributed by atoms with Crippen LogP contribution in [0.1, 0.15) is 36.0 Å². The monoisotopic (exact) mass is 359 g/mol. The fraction of sp³-hybridized carbons (Fsp3) is 0.304. The summed E-state index contributed by atoms with van der Waals surface area (Å²) >= 11 is 0. The van der Waals surface area contributed by atoms with E-state index in [0.29, 0.717) is 0 Å². The third-order valence-corrected chi connectivity index (χ3v) is 4.92. The van der Waals surface area contributed by atoms with Crippen molar-refractivity contribution in [3.8, 4) is 6.07 Å². The van der Waals surface area contributed by atoms with E-state index in [4.69, 9.17) is 0 Å². The first-order valence-corrected chi connectivity index (χ1v) is 9.42. The van der Waals surface area contributed by atoms with Gasteiger partial charge in [-0.05, 0) is 68.5 Å². The summed E-state index contributed by atoms with van der Waals surface area (Å²) in [6.45, 7) is 6.14. The maximum absolute atomic E-state index is 12.5. The van der Waals surface area contributed by atoms with Crippen molar-refractivity contribution in [2.45, 2.75) is 33.1 Å². The van der Waals surface area contributed by atoms with Crippen LogP contribution >= 0.6 is 0 Å². The number of nitriles is 1. The van der Waals surface area contributed by atoms with Crippen molar-refractivity contribution in [2.24, 2.45) is 0 Å². The molecule has 1 saturated heterocycles. The molecule has 1 heterocycles. The third-order valence-electron chi connectivity index (χ3n) is 4.92. The van der Waals surface area contributed by atoms with Gasteiger partial charge < -0.3 is 10.2 Å². The molecule has 0 atom stereocenters. The van der Waals surface area contributed by atoms with Gasteiger partial charge in [0.05, 0.1) is 0 Å². The highest BCUT2D eigenvalue weighted by atomic mass is 16.1. The van der Waals surface area contributed by atoms with Gasteiger partial charge in [-0.25, -0.2) is 0 Å². The second kappa shape index (κ2) is 8.55. The van der Waals surface area contributed by atoms with E-state index < -0.39 is 0 Å². The highest BCUT2D eigenvalue weighted by Crippen LogP contribution is 2.22. The second-order valence-electron chi connectivity index (χ2n) is 7.08. The summed E-state index contributed by atoms with van der Waals surface area (Å²) in [6.07, 6.45) is 5.41. The second-order valence-corrected chi connectivity index (χ2v) is 7.08. The van der Waals surface area contributed by atoms with Gasteiger partial charge >= 0.3 is 0 Å². The first-order chi connectivity index (χ1) is 13.1. The van der Waals surface area contributed by atoms with Gasteiger partial charge in [-0.2, -0.15) is 5.26 Å². The standard InChI is InChI=1S/C23H25N3O/c1-17-6-11-22(18(2)14-17)25-23(27)20(16-24)15-19-7-9-21(10-8-19)26-12-4-3-5-13-26/h6-11,14-15H,3-5,12-13H2,1-2H3,(H,25,27)/b20-15+. The topological polar surface area (TPSA) is 56.1 Å². The van der Waals surface area contributed by atoms with E-state index in [1.807, 2.05) is 50.2 Å². The lowest BCUT2D eigenvalue weighted by Crippen LogP contribution is -2.29. The first kappa shape index (κ1) is 18.7. The molecule has 0 aliphatic carbocycles. The summed E-state index contributed by atoms with van der Waals surface area (Å²) in [5, 5.41) is 12.3. The molecule has 1 amide bonds. The summed E-state index contributed by atoms with van der Waals surface area (Å²) in [5.41, 5.74) is 4.99. The maximum Gasteiger partial charge on any atom is 0.266 e. The SMILES string of the molecule is Cc1ccc(NC(=O)/C(C#N)=C/c2ccc(N3CCCCC3)cc2)c(C)c1. The fourth-order valence-corrected chi connectivity index (χ4v) is 3.39. The van der Waals surface area contributed by atoms with Crippen molar-refractivity contribution in [2.75, 3.05) is 23.3 Å². The average Bonchev–Trinajstić information content (AvgIpc) is 2.69. The van der Waals surface area contributed by atoms with Gasteiger partial charge in [0, 0.05) is 24.5 Å². The molecule has 2 aromatic carbocycles. The molecular weight excluding hydrogens is 334 g/mol. The highest BCUT2D eigenvalue weighted by molar-refractivity contribution is 6.10. The van der Waals surface area contributed by atoms with Crippen molar-refractivity contribution >= 4 is 23.4 Å². The van der Waals surface area contributed by atoms with Gasteiger partial charge in [0.1, 0.15) is 11.6 Å². The van der Waals surface area contributed by atoms with E-state index >= 15 is 0 Å². The van der Waals surface area contributed by atoms with Gasteiger partial charge in [-0.3, -0.25) is 4.79 Å². The van der Waals surface area contributed by atoms with E-state index in [-0.39, 0.29) is 11.5 Å². The number of benzene rings is 2. The Balaban J connectivity index is 1.73. The minimum atomic E-state index is -0.385. The number of nitrogens with one attached hydrogen (secondary N) is 1. The van der Waals surface area contributed by atoms with Crippen LogP contribution in [0.4, 0.5) is 11.4 Å². The molecule has 1 fully saturated rings. The number of aryl methyl sites for hydroxylation is 2. The van der Waals surface area contributed by atoms with Crippen LogP contribution in [0.25, 0.3) is 6.08 Å². The quantitative estimate of drug-likeness (QED) is 0.628. The van der Waals surface area contributed by atoms with Gasteiger partial charge in [0.25, 0.3) is 5.91 Å². The number of carbonyl (C=O) groups excluding carboxylic acids is 1. The molecule has 0 saturated carbocycles. The van der Waals surface area contributed by atoms with E-state index in [9.17, 15) is 10.1 Å². The fourth-order valence-electron chi connectivity index (χ4n) is 3.39. The van der Waals surface area contributed by atoms with Crippen molar-refractivity contribution in [1.29, 1.82) is 5.26 Å². The molecule has 0 spiro atoms. The number of anilines is 2. The summed E-state index contributed by atoms with van der Waals surface area (Å²) in [5.74, 6) is -0.385. The highest BCUT2D eigenvalue weighted by Gasteiger charge is 2.12. The van der Waals surface area contributed by atoms with Crippen LogP contribution in [0.2, 0.25) is 0 Å². The molecule has 1 aliphatic rings. The maximum atomic E-state index is 12.5. The van der Waals surface area contributed by atoms with Gasteiger partial charge in [0.15, 0.2) is 0 Å². The minimum Gasteiger partial charge on any atom is -0.372 e. The van der Waals surface area contributed by atoms with E-state index in [0.717, 1.165) is 35.5 Å². The van der Waals surface area contributed by atoms with Crippen LogP contribution in [-0.4, -0.2) is 19.0 Å². The summed E-state index contributed by atoms with van der Waals surface area (Å²) in [6, 6.07) is 15.9. The third kappa shape index (κ3) is 4.77. The van der Waals surface area contributed by atoms with Crippen molar-refractivity contribution < 1.29 is 4.79 Å². The Morgan fingerprint density at radius 2 is 1.78 bits per heavy atom. The van der Waals surface area contributed by atoms with E-state index in [1.54, 1.807) is 6.08 Å². The predicted molar refractivity (Wildman–Crippen MR) is 111 cm³/mol. The van der Waals surface area contributed by atoms with Crippen molar-refractivity contribution in [3.63, 3.8) is 0 Å². The van der Waals surface area contributed by atoms with Crippen LogP contribution in [0, 0.1) is 25.2 Å². The van der Waals surface area contributed by atoms with Crippen LogP contribution in [0.3, 0.4) is 0 Å². The lowest BCUT2D eigenvalue weighted by atomic mass is 10.1. The molecule has 27 heavy (non-hydrogen) atoms. The van der Waals surface area contributed by atoms with Crippen LogP contribution in [-0.2, 0) is 4.79 Å². The van der Waals surface area contributed by atoms with Gasteiger partial charge in [-0.1, -0.05) is 29.8 Å². The lowest BCUT2D eigenvalue weighted by Gasteiger charge is -2.28. The number of piperidine rings is 1. The zero-order chi connectivity index (χ0) is 19.2. The first-order valence-electron chi connectivity index (χ1n) is 9.42.